The second-order valence-corrected chi connectivity index (χ2v) is 5.40. The zero-order valence-electron chi connectivity index (χ0n) is 12.8. The molecule has 106 valence electrons. The largest absolute Gasteiger partial charge is 0.0853 e. The van der Waals surface area contributed by atoms with Gasteiger partial charge in [0.05, 0.1) is 0 Å². The van der Waals surface area contributed by atoms with Crippen molar-refractivity contribution in [3.8, 4) is 0 Å². The van der Waals surface area contributed by atoms with Crippen LogP contribution in [-0.2, 0) is 6.42 Å². The summed E-state index contributed by atoms with van der Waals surface area (Å²) in [6.45, 7) is 4.57. The minimum atomic E-state index is 1.21. The van der Waals surface area contributed by atoms with Crippen molar-refractivity contribution in [1.82, 2.24) is 0 Å². The molecule has 0 atom stereocenters. The molecule has 0 unspecified atom stereocenters. The molecular weight excluding hydrogens is 228 g/mol. The fourth-order valence-corrected chi connectivity index (χ4v) is 2.46. The lowest BCUT2D eigenvalue weighted by molar-refractivity contribution is 0.655. The Hall–Kier alpha value is -1.04. The Bertz CT molecular complexity index is 334. The van der Waals surface area contributed by atoms with Crippen LogP contribution >= 0.6 is 0 Å². The third kappa shape index (κ3) is 7.87. The molecule has 0 aliphatic rings. The summed E-state index contributed by atoms with van der Waals surface area (Å²) in [4.78, 5) is 0. The van der Waals surface area contributed by atoms with Gasteiger partial charge in [-0.25, -0.2) is 0 Å². The van der Waals surface area contributed by atoms with Crippen molar-refractivity contribution in [3.63, 3.8) is 0 Å². The number of hydrogen-bond donors (Lipinski definition) is 0. The van der Waals surface area contributed by atoms with Gasteiger partial charge >= 0.3 is 0 Å². The highest BCUT2D eigenvalue weighted by atomic mass is 14.0. The van der Waals surface area contributed by atoms with Gasteiger partial charge in [-0.15, -0.1) is 0 Å². The van der Waals surface area contributed by atoms with Crippen LogP contribution in [0.25, 0.3) is 0 Å². The average molecular weight is 258 g/mol. The maximum atomic E-state index is 2.49. The third-order valence-electron chi connectivity index (χ3n) is 3.75. The first-order chi connectivity index (χ1) is 9.36. The van der Waals surface area contributed by atoms with E-state index in [-0.39, 0.29) is 0 Å². The second-order valence-electron chi connectivity index (χ2n) is 5.40. The summed E-state index contributed by atoms with van der Waals surface area (Å²) in [5.74, 6) is 0. The van der Waals surface area contributed by atoms with Crippen LogP contribution in [0.2, 0.25) is 0 Å². The van der Waals surface area contributed by atoms with E-state index in [0.717, 1.165) is 0 Å². The molecule has 1 rings (SSSR count). The first kappa shape index (κ1) is 16.0. The van der Waals surface area contributed by atoms with E-state index in [1.807, 2.05) is 0 Å². The highest BCUT2D eigenvalue weighted by molar-refractivity contribution is 5.14. The van der Waals surface area contributed by atoms with E-state index in [1.54, 1.807) is 5.57 Å². The molecule has 1 aromatic rings. The number of allylic oxidation sites excluding steroid dienone is 2. The van der Waals surface area contributed by atoms with Crippen LogP contribution in [0.3, 0.4) is 0 Å². The zero-order chi connectivity index (χ0) is 13.8. The van der Waals surface area contributed by atoms with Gasteiger partial charge in [-0.2, -0.15) is 0 Å². The second kappa shape index (κ2) is 10.8. The SMILES string of the molecule is CCCCCC/C(=C/CCCc1ccccc1)CC. The van der Waals surface area contributed by atoms with E-state index in [1.165, 1.54) is 63.4 Å². The molecule has 0 saturated carbocycles. The minimum absolute atomic E-state index is 1.21. The molecule has 0 amide bonds. The van der Waals surface area contributed by atoms with Gasteiger partial charge in [-0.1, -0.05) is 75.1 Å². The summed E-state index contributed by atoms with van der Waals surface area (Å²) in [5, 5.41) is 0. The molecule has 1 aromatic carbocycles. The van der Waals surface area contributed by atoms with Crippen molar-refractivity contribution >= 4 is 0 Å². The molecular formula is C19H30. The Morgan fingerprint density at radius 3 is 2.42 bits per heavy atom. The van der Waals surface area contributed by atoms with Gasteiger partial charge < -0.3 is 0 Å². The summed E-state index contributed by atoms with van der Waals surface area (Å²) in [7, 11) is 0. The predicted octanol–water partition coefficient (Wildman–Crippen LogP) is 6.32. The van der Waals surface area contributed by atoms with Crippen molar-refractivity contribution in [2.75, 3.05) is 0 Å². The Morgan fingerprint density at radius 1 is 0.947 bits per heavy atom. The van der Waals surface area contributed by atoms with E-state index < -0.39 is 0 Å². The summed E-state index contributed by atoms with van der Waals surface area (Å²) in [5.41, 5.74) is 3.14. The van der Waals surface area contributed by atoms with E-state index in [2.05, 4.69) is 50.3 Å². The molecule has 0 bridgehead atoms. The van der Waals surface area contributed by atoms with Crippen molar-refractivity contribution in [2.24, 2.45) is 0 Å². The van der Waals surface area contributed by atoms with Gasteiger partial charge in [-0.3, -0.25) is 0 Å². The monoisotopic (exact) mass is 258 g/mol. The standard InChI is InChI=1S/C19H30/c1-3-5-6-8-13-18(4-2)14-11-12-17-19-15-9-7-10-16-19/h7,9-10,14-16H,3-6,8,11-13,17H2,1-2H3/b18-14+. The van der Waals surface area contributed by atoms with Gasteiger partial charge in [0, 0.05) is 0 Å². The predicted molar refractivity (Wildman–Crippen MR) is 86.5 cm³/mol. The number of rotatable bonds is 10. The van der Waals surface area contributed by atoms with Crippen molar-refractivity contribution in [3.05, 3.63) is 47.5 Å². The van der Waals surface area contributed by atoms with Crippen molar-refractivity contribution < 1.29 is 0 Å². The van der Waals surface area contributed by atoms with E-state index in [9.17, 15) is 0 Å². The maximum absolute atomic E-state index is 2.49. The fraction of sp³-hybridized carbons (Fsp3) is 0.579. The molecule has 0 N–H and O–H groups in total. The highest BCUT2D eigenvalue weighted by Gasteiger charge is 1.96. The first-order valence-corrected chi connectivity index (χ1v) is 8.08. The third-order valence-corrected chi connectivity index (χ3v) is 3.75. The van der Waals surface area contributed by atoms with Crippen LogP contribution in [-0.4, -0.2) is 0 Å². The Labute approximate surface area is 119 Å². The molecule has 0 aromatic heterocycles. The fourth-order valence-electron chi connectivity index (χ4n) is 2.46. The van der Waals surface area contributed by atoms with Crippen LogP contribution in [0.5, 0.6) is 0 Å². The summed E-state index contributed by atoms with van der Waals surface area (Å²) >= 11 is 0. The molecule has 0 heteroatoms. The maximum Gasteiger partial charge on any atom is -0.0276 e. The van der Waals surface area contributed by atoms with Gasteiger partial charge in [0.15, 0.2) is 0 Å². The quantitative estimate of drug-likeness (QED) is 0.340. The van der Waals surface area contributed by atoms with E-state index in [4.69, 9.17) is 0 Å². The molecule has 0 aliphatic carbocycles. The topological polar surface area (TPSA) is 0 Å². The Kier molecular flexibility index (Phi) is 9.14. The molecule has 0 nitrogen and oxygen atoms in total. The van der Waals surface area contributed by atoms with Crippen LogP contribution in [0.1, 0.15) is 70.8 Å². The Morgan fingerprint density at radius 2 is 1.74 bits per heavy atom. The van der Waals surface area contributed by atoms with Gasteiger partial charge in [0.25, 0.3) is 0 Å². The lowest BCUT2D eigenvalue weighted by Crippen LogP contribution is -1.86. The highest BCUT2D eigenvalue weighted by Crippen LogP contribution is 2.15. The number of benzene rings is 1. The first-order valence-electron chi connectivity index (χ1n) is 8.08. The van der Waals surface area contributed by atoms with Crippen LogP contribution in [0, 0.1) is 0 Å². The van der Waals surface area contributed by atoms with Gasteiger partial charge in [-0.05, 0) is 44.1 Å². The van der Waals surface area contributed by atoms with E-state index in [0.29, 0.717) is 0 Å². The summed E-state index contributed by atoms with van der Waals surface area (Å²) in [6, 6.07) is 10.8. The summed E-state index contributed by atoms with van der Waals surface area (Å²) < 4.78 is 0. The zero-order valence-corrected chi connectivity index (χ0v) is 12.8. The minimum Gasteiger partial charge on any atom is -0.0853 e. The van der Waals surface area contributed by atoms with Crippen LogP contribution in [0.15, 0.2) is 42.0 Å². The molecule has 0 spiro atoms. The van der Waals surface area contributed by atoms with Crippen LogP contribution in [0.4, 0.5) is 0 Å². The van der Waals surface area contributed by atoms with Crippen molar-refractivity contribution in [2.45, 2.75) is 71.6 Å². The lowest BCUT2D eigenvalue weighted by Gasteiger charge is -2.05. The van der Waals surface area contributed by atoms with Gasteiger partial charge in [0.2, 0.25) is 0 Å². The smallest absolute Gasteiger partial charge is 0.0276 e. The molecule has 0 heterocycles. The molecule has 0 fully saturated rings. The van der Waals surface area contributed by atoms with Crippen molar-refractivity contribution in [1.29, 1.82) is 0 Å². The van der Waals surface area contributed by atoms with Crippen LogP contribution < -0.4 is 0 Å². The normalized spacial score (nSPS) is 11.8. The molecule has 0 saturated heterocycles. The Balaban J connectivity index is 2.17. The number of aryl methyl sites for hydroxylation is 1. The average Bonchev–Trinajstić information content (AvgIpc) is 2.46. The summed E-state index contributed by atoms with van der Waals surface area (Å²) in [6.07, 6.45) is 14.3. The van der Waals surface area contributed by atoms with Gasteiger partial charge in [0.1, 0.15) is 0 Å². The lowest BCUT2D eigenvalue weighted by atomic mass is 10.0. The molecule has 19 heavy (non-hydrogen) atoms. The van der Waals surface area contributed by atoms with E-state index >= 15 is 0 Å². The number of hydrogen-bond acceptors (Lipinski definition) is 0. The molecule has 0 aliphatic heterocycles. The number of unbranched alkanes of at least 4 members (excludes halogenated alkanes) is 4. The molecule has 0 radical (unpaired) electrons.